The number of hydrogen-bond donors (Lipinski definition) is 1. The summed E-state index contributed by atoms with van der Waals surface area (Å²) in [4.78, 5) is 15.1. The van der Waals surface area contributed by atoms with Crippen LogP contribution in [0.2, 0.25) is 0 Å². The van der Waals surface area contributed by atoms with Crippen LogP contribution in [0, 0.1) is 0 Å². The van der Waals surface area contributed by atoms with E-state index < -0.39 is 10.0 Å². The summed E-state index contributed by atoms with van der Waals surface area (Å²) in [6, 6.07) is 12.0. The van der Waals surface area contributed by atoms with E-state index >= 15 is 0 Å². The van der Waals surface area contributed by atoms with E-state index in [1.165, 1.54) is 4.31 Å². The minimum absolute atomic E-state index is 0.221. The molecule has 2 atom stereocenters. The quantitative estimate of drug-likeness (QED) is 0.495. The van der Waals surface area contributed by atoms with E-state index in [4.69, 9.17) is 0 Å². The van der Waals surface area contributed by atoms with Gasteiger partial charge in [-0.2, -0.15) is 11.8 Å². The Morgan fingerprint density at radius 2 is 1.82 bits per heavy atom. The molecular weight excluding hydrogens is 466 g/mol. The van der Waals surface area contributed by atoms with Gasteiger partial charge in [-0.1, -0.05) is 30.3 Å². The highest BCUT2D eigenvalue weighted by Crippen LogP contribution is 2.31. The summed E-state index contributed by atoms with van der Waals surface area (Å²) in [5.41, 5.74) is 1.95. The van der Waals surface area contributed by atoms with Crippen LogP contribution in [-0.2, 0) is 14.8 Å². The van der Waals surface area contributed by atoms with Crippen molar-refractivity contribution in [1.82, 2.24) is 9.62 Å². The molecule has 2 aliphatic heterocycles. The van der Waals surface area contributed by atoms with Crippen LogP contribution in [0.3, 0.4) is 0 Å². The molecule has 2 aromatic rings. The fourth-order valence-corrected chi connectivity index (χ4v) is 7.23. The van der Waals surface area contributed by atoms with E-state index in [1.54, 1.807) is 30.9 Å². The molecule has 34 heavy (non-hydrogen) atoms. The number of nitrogens with zero attached hydrogens (tertiary/aromatic N) is 2. The maximum Gasteiger partial charge on any atom is 0.243 e. The van der Waals surface area contributed by atoms with Crippen molar-refractivity contribution in [2.24, 2.45) is 0 Å². The van der Waals surface area contributed by atoms with Crippen LogP contribution in [0.15, 0.2) is 52.9 Å². The summed E-state index contributed by atoms with van der Waals surface area (Å²) < 4.78 is 28.1. The van der Waals surface area contributed by atoms with Gasteiger partial charge in [0.15, 0.2) is 5.78 Å². The second kappa shape index (κ2) is 10.8. The molecule has 0 amide bonds. The molecule has 6 nitrogen and oxygen atoms in total. The Bertz CT molecular complexity index is 1180. The monoisotopic (exact) mass is 501 g/mol. The zero-order valence-electron chi connectivity index (χ0n) is 20.3. The van der Waals surface area contributed by atoms with Crippen LogP contribution in [-0.4, -0.2) is 69.8 Å². The smallest absolute Gasteiger partial charge is 0.243 e. The van der Waals surface area contributed by atoms with Crippen LogP contribution in [0.1, 0.15) is 32.1 Å². The van der Waals surface area contributed by atoms with Crippen molar-refractivity contribution in [3.05, 3.63) is 48.0 Å². The average molecular weight is 502 g/mol. The summed E-state index contributed by atoms with van der Waals surface area (Å²) in [6.07, 6.45) is 7.15. The number of benzene rings is 2. The molecule has 0 unspecified atom stereocenters. The molecule has 2 bridgehead atoms. The predicted molar refractivity (Wildman–Crippen MR) is 142 cm³/mol. The number of anilines is 1. The Morgan fingerprint density at radius 3 is 2.62 bits per heavy atom. The summed E-state index contributed by atoms with van der Waals surface area (Å²) >= 11 is 1.60. The van der Waals surface area contributed by atoms with E-state index in [2.05, 4.69) is 11.4 Å². The highest BCUT2D eigenvalue weighted by atomic mass is 32.2. The number of thioether (sulfide) groups is 1. The molecule has 2 aromatic carbocycles. The summed E-state index contributed by atoms with van der Waals surface area (Å²) in [5, 5.41) is 5.24. The van der Waals surface area contributed by atoms with Gasteiger partial charge in [0.25, 0.3) is 0 Å². The van der Waals surface area contributed by atoms with Gasteiger partial charge in [0.1, 0.15) is 0 Å². The van der Waals surface area contributed by atoms with Gasteiger partial charge in [0.05, 0.1) is 10.6 Å². The average Bonchev–Trinajstić information content (AvgIpc) is 3.17. The zero-order chi connectivity index (χ0) is 24.3. The number of carbonyl (C=O) groups excluding carboxylic acids is 1. The molecule has 1 saturated heterocycles. The van der Waals surface area contributed by atoms with E-state index in [0.717, 1.165) is 53.5 Å². The number of hydrogen-bond acceptors (Lipinski definition) is 6. The summed E-state index contributed by atoms with van der Waals surface area (Å²) in [5.74, 6) is 1.43. The van der Waals surface area contributed by atoms with E-state index in [-0.39, 0.29) is 11.8 Å². The van der Waals surface area contributed by atoms with Gasteiger partial charge in [-0.3, -0.25) is 4.79 Å². The molecule has 0 spiro atoms. The van der Waals surface area contributed by atoms with Crippen molar-refractivity contribution in [2.45, 2.75) is 49.1 Å². The molecule has 0 radical (unpaired) electrons. The molecule has 1 N–H and O–H groups in total. The van der Waals surface area contributed by atoms with Gasteiger partial charge in [0, 0.05) is 61.8 Å². The van der Waals surface area contributed by atoms with Crippen molar-refractivity contribution in [2.75, 3.05) is 44.1 Å². The molecule has 2 aliphatic rings. The molecule has 0 aliphatic carbocycles. The number of allylic oxidation sites excluding steroid dienone is 1. The first-order valence-electron chi connectivity index (χ1n) is 12.0. The van der Waals surface area contributed by atoms with Crippen molar-refractivity contribution >= 4 is 44.0 Å². The largest absolute Gasteiger partial charge is 0.377 e. The molecule has 184 valence electrons. The second-order valence-electron chi connectivity index (χ2n) is 9.41. The molecule has 0 saturated carbocycles. The Morgan fingerprint density at radius 1 is 1.06 bits per heavy atom. The number of fused-ring (bicyclic) bond motifs is 3. The standard InChI is InChI=1S/C26H35N3O3S2/c1-28(2)24-12-5-10-21-20(24)9-6-13-26(21)34(31,32)29(3)16-7-17-33-18-25(30)22-11-4-8-19-14-15-23(22)27-19/h5-6,9-13,19,23,27H,4,7-8,14-18H2,1-3H3/t19-,23-/m1/s1. The van der Waals surface area contributed by atoms with Gasteiger partial charge in [-0.25, -0.2) is 12.7 Å². The van der Waals surface area contributed by atoms with Crippen LogP contribution >= 0.6 is 11.8 Å². The third kappa shape index (κ3) is 5.35. The number of ketones is 1. The molecule has 2 heterocycles. The number of nitrogens with one attached hydrogen (secondary N) is 1. The first-order chi connectivity index (χ1) is 16.3. The lowest BCUT2D eigenvalue weighted by Gasteiger charge is -2.20. The third-order valence-corrected chi connectivity index (χ3v) is 9.80. The lowest BCUT2D eigenvalue weighted by Crippen LogP contribution is -2.32. The minimum Gasteiger partial charge on any atom is -0.377 e. The highest BCUT2D eigenvalue weighted by molar-refractivity contribution is 7.99. The van der Waals surface area contributed by atoms with E-state index in [1.807, 2.05) is 43.3 Å². The SMILES string of the molecule is CN(C)c1cccc2c(S(=O)(=O)N(C)CCCSCC(=O)C3=CCC[C@@H]4CC[C@H]3N4)cccc12. The van der Waals surface area contributed by atoms with Crippen molar-refractivity contribution in [3.8, 4) is 0 Å². The fourth-order valence-electron chi connectivity index (χ4n) is 4.99. The lowest BCUT2D eigenvalue weighted by atomic mass is 9.97. The van der Waals surface area contributed by atoms with Gasteiger partial charge in [0.2, 0.25) is 10.0 Å². The Hall–Kier alpha value is -1.87. The van der Waals surface area contributed by atoms with Crippen LogP contribution < -0.4 is 10.2 Å². The molecule has 0 aromatic heterocycles. The fraction of sp³-hybridized carbons (Fsp3) is 0.500. The van der Waals surface area contributed by atoms with Crippen molar-refractivity contribution in [1.29, 1.82) is 0 Å². The van der Waals surface area contributed by atoms with E-state index in [0.29, 0.717) is 29.7 Å². The second-order valence-corrected chi connectivity index (χ2v) is 12.5. The molecule has 1 fully saturated rings. The highest BCUT2D eigenvalue weighted by Gasteiger charge is 2.31. The molecule has 8 heteroatoms. The van der Waals surface area contributed by atoms with Crippen LogP contribution in [0.25, 0.3) is 10.8 Å². The number of carbonyl (C=O) groups is 1. The maximum atomic E-state index is 13.3. The van der Waals surface area contributed by atoms with E-state index in [9.17, 15) is 13.2 Å². The Balaban J connectivity index is 1.33. The topological polar surface area (TPSA) is 69.7 Å². The Labute approximate surface area is 207 Å². The molecular formula is C26H35N3O3S2. The van der Waals surface area contributed by atoms with Gasteiger partial charge in [-0.05, 0) is 50.0 Å². The van der Waals surface area contributed by atoms with Crippen molar-refractivity contribution < 1.29 is 13.2 Å². The third-order valence-electron chi connectivity index (χ3n) is 6.84. The predicted octanol–water partition coefficient (Wildman–Crippen LogP) is 4.06. The van der Waals surface area contributed by atoms with Gasteiger partial charge < -0.3 is 10.2 Å². The van der Waals surface area contributed by atoms with Crippen LogP contribution in [0.4, 0.5) is 5.69 Å². The minimum atomic E-state index is -3.62. The maximum absolute atomic E-state index is 13.3. The Kier molecular flexibility index (Phi) is 8.02. The number of sulfonamides is 1. The van der Waals surface area contributed by atoms with Crippen molar-refractivity contribution in [3.63, 3.8) is 0 Å². The number of Topliss-reactive ketones (excluding diaryl/α,β-unsaturated/α-hetero) is 1. The summed E-state index contributed by atoms with van der Waals surface area (Å²) in [6.45, 7) is 0.418. The normalized spacial score (nSPS) is 20.4. The molecule has 4 rings (SSSR count). The first-order valence-corrected chi connectivity index (χ1v) is 14.6. The lowest BCUT2D eigenvalue weighted by molar-refractivity contribution is -0.113. The van der Waals surface area contributed by atoms with Crippen LogP contribution in [0.5, 0.6) is 0 Å². The first kappa shape index (κ1) is 25.2. The van der Waals surface area contributed by atoms with Gasteiger partial charge >= 0.3 is 0 Å². The number of rotatable bonds is 10. The van der Waals surface area contributed by atoms with Gasteiger partial charge in [-0.15, -0.1) is 0 Å². The zero-order valence-corrected chi connectivity index (χ0v) is 21.9. The summed E-state index contributed by atoms with van der Waals surface area (Å²) in [7, 11) is 1.93.